The molecule has 94 valence electrons. The number of Topliss-reactive ketones (excluding diaryl/α,β-unsaturated/α-hetero) is 1. The first kappa shape index (κ1) is 12.8. The van der Waals surface area contributed by atoms with Crippen LogP contribution in [0.3, 0.4) is 0 Å². The molecular formula is C11H8BrF2N3O. The fraction of sp³-hybridized carbons (Fsp3) is 0.182. The normalized spacial score (nSPS) is 10.7. The van der Waals surface area contributed by atoms with Crippen LogP contribution < -0.4 is 0 Å². The Morgan fingerprint density at radius 2 is 2.00 bits per heavy atom. The number of hydrogen-bond acceptors (Lipinski definition) is 3. The third kappa shape index (κ3) is 2.61. The number of halogens is 3. The lowest BCUT2D eigenvalue weighted by Crippen LogP contribution is -2.09. The van der Waals surface area contributed by atoms with Gasteiger partial charge in [0.05, 0.1) is 17.7 Å². The van der Waals surface area contributed by atoms with E-state index in [1.165, 1.54) is 10.9 Å². The van der Waals surface area contributed by atoms with Crippen LogP contribution in [0.15, 0.2) is 22.8 Å². The molecule has 2 aromatic rings. The number of aryl methyl sites for hydroxylation is 1. The van der Waals surface area contributed by atoms with Crippen molar-refractivity contribution in [2.45, 2.75) is 6.42 Å². The number of rotatable bonds is 3. The van der Waals surface area contributed by atoms with Gasteiger partial charge in [0.25, 0.3) is 0 Å². The number of carbonyl (C=O) groups is 1. The fourth-order valence-corrected chi connectivity index (χ4v) is 1.94. The zero-order valence-electron chi connectivity index (χ0n) is 9.32. The molecule has 0 amide bonds. The van der Waals surface area contributed by atoms with Crippen LogP contribution in [0.25, 0.3) is 0 Å². The third-order valence-electron chi connectivity index (χ3n) is 2.28. The standard InChI is InChI=1S/C11H8BrF2N3O/c1-17-5-7(15-16-17)4-10(18)11-8(13)2-6(12)3-9(11)14/h2-3,5H,4H2,1H3. The smallest absolute Gasteiger partial charge is 0.174 e. The van der Waals surface area contributed by atoms with E-state index >= 15 is 0 Å². The van der Waals surface area contributed by atoms with Gasteiger partial charge in [-0.25, -0.2) is 8.78 Å². The first-order valence-corrected chi connectivity index (χ1v) is 5.79. The molecule has 0 aliphatic rings. The van der Waals surface area contributed by atoms with Crippen molar-refractivity contribution in [1.29, 1.82) is 0 Å². The lowest BCUT2D eigenvalue weighted by Gasteiger charge is -2.03. The number of nitrogens with zero attached hydrogens (tertiary/aromatic N) is 3. The van der Waals surface area contributed by atoms with E-state index in [0.717, 1.165) is 12.1 Å². The van der Waals surface area contributed by atoms with Gasteiger partial charge in [0.1, 0.15) is 11.6 Å². The molecule has 0 spiro atoms. The molecule has 2 rings (SSSR count). The van der Waals surface area contributed by atoms with Crippen molar-refractivity contribution in [3.8, 4) is 0 Å². The maximum Gasteiger partial charge on any atom is 0.174 e. The Balaban J connectivity index is 2.29. The molecule has 1 heterocycles. The van der Waals surface area contributed by atoms with Gasteiger partial charge in [0, 0.05) is 17.7 Å². The van der Waals surface area contributed by atoms with Gasteiger partial charge in [-0.05, 0) is 12.1 Å². The average molecular weight is 316 g/mol. The molecule has 18 heavy (non-hydrogen) atoms. The summed E-state index contributed by atoms with van der Waals surface area (Å²) >= 11 is 2.95. The van der Waals surface area contributed by atoms with E-state index in [2.05, 4.69) is 26.2 Å². The lowest BCUT2D eigenvalue weighted by molar-refractivity contribution is 0.0984. The van der Waals surface area contributed by atoms with Crippen LogP contribution in [0.5, 0.6) is 0 Å². The summed E-state index contributed by atoms with van der Waals surface area (Å²) in [4.78, 5) is 11.8. The molecule has 0 aliphatic heterocycles. The van der Waals surface area contributed by atoms with Crippen LogP contribution in [-0.4, -0.2) is 20.8 Å². The quantitative estimate of drug-likeness (QED) is 0.816. The second kappa shape index (κ2) is 4.93. The van der Waals surface area contributed by atoms with Crippen LogP contribution in [0.4, 0.5) is 8.78 Å². The highest BCUT2D eigenvalue weighted by Crippen LogP contribution is 2.20. The molecular weight excluding hydrogens is 308 g/mol. The van der Waals surface area contributed by atoms with Crippen molar-refractivity contribution in [2.75, 3.05) is 0 Å². The van der Waals surface area contributed by atoms with Crippen molar-refractivity contribution in [2.24, 2.45) is 7.05 Å². The zero-order chi connectivity index (χ0) is 13.3. The zero-order valence-corrected chi connectivity index (χ0v) is 10.9. The summed E-state index contributed by atoms with van der Waals surface area (Å²) in [6.07, 6.45) is 1.33. The van der Waals surface area contributed by atoms with E-state index in [9.17, 15) is 13.6 Å². The number of hydrogen-bond donors (Lipinski definition) is 0. The first-order valence-electron chi connectivity index (χ1n) is 5.00. The van der Waals surface area contributed by atoms with E-state index in [4.69, 9.17) is 0 Å². The maximum atomic E-state index is 13.5. The summed E-state index contributed by atoms with van der Waals surface area (Å²) in [6.45, 7) is 0. The largest absolute Gasteiger partial charge is 0.294 e. The second-order valence-electron chi connectivity index (χ2n) is 3.73. The van der Waals surface area contributed by atoms with Gasteiger partial charge in [0.2, 0.25) is 0 Å². The minimum Gasteiger partial charge on any atom is -0.294 e. The Morgan fingerprint density at radius 1 is 1.39 bits per heavy atom. The summed E-state index contributed by atoms with van der Waals surface area (Å²) in [5, 5.41) is 7.34. The molecule has 0 fully saturated rings. The van der Waals surface area contributed by atoms with E-state index < -0.39 is 23.0 Å². The van der Waals surface area contributed by atoms with E-state index in [1.54, 1.807) is 7.05 Å². The fourth-order valence-electron chi connectivity index (χ4n) is 1.54. The van der Waals surface area contributed by atoms with Crippen molar-refractivity contribution >= 4 is 21.7 Å². The highest BCUT2D eigenvalue weighted by Gasteiger charge is 2.19. The monoisotopic (exact) mass is 315 g/mol. The van der Waals surface area contributed by atoms with Gasteiger partial charge in [-0.1, -0.05) is 21.1 Å². The van der Waals surface area contributed by atoms with Crippen LogP contribution in [0.2, 0.25) is 0 Å². The molecule has 7 heteroatoms. The number of ketones is 1. The summed E-state index contributed by atoms with van der Waals surface area (Å²) in [6, 6.07) is 2.10. The number of carbonyl (C=O) groups excluding carboxylic acids is 1. The Kier molecular flexibility index (Phi) is 3.51. The molecule has 4 nitrogen and oxygen atoms in total. The topological polar surface area (TPSA) is 47.8 Å². The minimum atomic E-state index is -0.893. The molecule has 0 unspecified atom stereocenters. The Morgan fingerprint density at radius 3 is 2.50 bits per heavy atom. The van der Waals surface area contributed by atoms with E-state index in [1.807, 2.05) is 0 Å². The van der Waals surface area contributed by atoms with Crippen molar-refractivity contribution in [3.63, 3.8) is 0 Å². The maximum absolute atomic E-state index is 13.5. The molecule has 0 radical (unpaired) electrons. The van der Waals surface area contributed by atoms with Gasteiger partial charge in [-0.2, -0.15) is 0 Å². The summed E-state index contributed by atoms with van der Waals surface area (Å²) < 4.78 is 28.7. The molecule has 0 saturated heterocycles. The van der Waals surface area contributed by atoms with Gasteiger partial charge in [-0.3, -0.25) is 9.48 Å². The molecule has 1 aromatic heterocycles. The minimum absolute atomic E-state index is 0.191. The summed E-state index contributed by atoms with van der Waals surface area (Å²) in [5.41, 5.74) is -0.187. The van der Waals surface area contributed by atoms with E-state index in [0.29, 0.717) is 5.69 Å². The Labute approximate surface area is 110 Å². The van der Waals surface area contributed by atoms with Gasteiger partial charge in [0.15, 0.2) is 5.78 Å². The second-order valence-corrected chi connectivity index (χ2v) is 4.64. The molecule has 0 atom stereocenters. The summed E-state index contributed by atoms with van der Waals surface area (Å²) in [7, 11) is 1.64. The lowest BCUT2D eigenvalue weighted by atomic mass is 10.1. The SMILES string of the molecule is Cn1cc(CC(=O)c2c(F)cc(Br)cc2F)nn1. The van der Waals surface area contributed by atoms with Crippen molar-refractivity contribution in [3.05, 3.63) is 45.7 Å². The van der Waals surface area contributed by atoms with Crippen molar-refractivity contribution in [1.82, 2.24) is 15.0 Å². The molecule has 0 saturated carbocycles. The molecule has 0 aliphatic carbocycles. The third-order valence-corrected chi connectivity index (χ3v) is 2.74. The van der Waals surface area contributed by atoms with Gasteiger partial charge < -0.3 is 0 Å². The highest BCUT2D eigenvalue weighted by atomic mass is 79.9. The van der Waals surface area contributed by atoms with Crippen LogP contribution in [0.1, 0.15) is 16.1 Å². The van der Waals surface area contributed by atoms with Crippen molar-refractivity contribution < 1.29 is 13.6 Å². The molecule has 0 bridgehead atoms. The molecule has 1 aromatic carbocycles. The Hall–Kier alpha value is -1.63. The number of benzene rings is 1. The summed E-state index contributed by atoms with van der Waals surface area (Å²) in [5.74, 6) is -2.45. The molecule has 0 N–H and O–H groups in total. The van der Waals surface area contributed by atoms with Gasteiger partial charge >= 0.3 is 0 Å². The highest BCUT2D eigenvalue weighted by molar-refractivity contribution is 9.10. The average Bonchev–Trinajstić information content (AvgIpc) is 2.62. The first-order chi connectivity index (χ1) is 8.47. The predicted molar refractivity (Wildman–Crippen MR) is 63.1 cm³/mol. The van der Waals surface area contributed by atoms with Crippen LogP contribution >= 0.6 is 15.9 Å². The number of aromatic nitrogens is 3. The van der Waals surface area contributed by atoms with Crippen LogP contribution in [0, 0.1) is 11.6 Å². The van der Waals surface area contributed by atoms with Crippen LogP contribution in [-0.2, 0) is 13.5 Å². The van der Waals surface area contributed by atoms with Gasteiger partial charge in [-0.15, -0.1) is 5.10 Å². The van der Waals surface area contributed by atoms with E-state index in [-0.39, 0.29) is 10.9 Å². The predicted octanol–water partition coefficient (Wildman–Crippen LogP) is 2.28. The Bertz CT molecular complexity index is 589.